The average Bonchev–Trinajstić information content (AvgIpc) is 2.95. The van der Waals surface area contributed by atoms with Crippen LogP contribution in [-0.2, 0) is 15.9 Å². The van der Waals surface area contributed by atoms with Gasteiger partial charge >= 0.3 is 0 Å². The fourth-order valence-electron chi connectivity index (χ4n) is 2.81. The SMILES string of the molecule is Cc1oc(C)c(S(=O)(=O)N(C)C2CCCC2)c1CCl. The molecule has 0 spiro atoms. The molecule has 0 N–H and O–H groups in total. The quantitative estimate of drug-likeness (QED) is 0.803. The lowest BCUT2D eigenvalue weighted by atomic mass is 10.3. The summed E-state index contributed by atoms with van der Waals surface area (Å²) in [4.78, 5) is 0.259. The molecular formula is C13H20ClNO3S. The molecule has 4 nitrogen and oxygen atoms in total. The van der Waals surface area contributed by atoms with Gasteiger partial charge in [0.2, 0.25) is 10.0 Å². The molecule has 0 atom stereocenters. The first kappa shape index (κ1) is 14.9. The Morgan fingerprint density at radius 3 is 2.37 bits per heavy atom. The van der Waals surface area contributed by atoms with Crippen LogP contribution in [0, 0.1) is 13.8 Å². The van der Waals surface area contributed by atoms with Gasteiger partial charge in [0.1, 0.15) is 16.4 Å². The Morgan fingerprint density at radius 2 is 1.84 bits per heavy atom. The molecule has 0 saturated heterocycles. The van der Waals surface area contributed by atoms with Gasteiger partial charge in [-0.3, -0.25) is 0 Å². The van der Waals surface area contributed by atoms with Crippen molar-refractivity contribution < 1.29 is 12.8 Å². The van der Waals surface area contributed by atoms with Gasteiger partial charge in [0, 0.05) is 18.7 Å². The van der Waals surface area contributed by atoms with E-state index in [9.17, 15) is 8.42 Å². The zero-order valence-corrected chi connectivity index (χ0v) is 13.1. The summed E-state index contributed by atoms with van der Waals surface area (Å²) in [5.41, 5.74) is 0.587. The van der Waals surface area contributed by atoms with Crippen molar-refractivity contribution >= 4 is 21.6 Å². The summed E-state index contributed by atoms with van der Waals surface area (Å²) < 4.78 is 32.4. The van der Waals surface area contributed by atoms with Crippen molar-refractivity contribution in [2.45, 2.75) is 56.3 Å². The number of sulfonamides is 1. The van der Waals surface area contributed by atoms with Crippen LogP contribution in [-0.4, -0.2) is 25.8 Å². The van der Waals surface area contributed by atoms with Crippen LogP contribution in [0.5, 0.6) is 0 Å². The fourth-order valence-corrected chi connectivity index (χ4v) is 5.03. The van der Waals surface area contributed by atoms with Gasteiger partial charge in [-0.2, -0.15) is 4.31 Å². The average molecular weight is 306 g/mol. The van der Waals surface area contributed by atoms with Crippen molar-refractivity contribution in [3.8, 4) is 0 Å². The smallest absolute Gasteiger partial charge is 0.246 e. The maximum atomic E-state index is 12.7. The lowest BCUT2D eigenvalue weighted by Gasteiger charge is -2.23. The van der Waals surface area contributed by atoms with Gasteiger partial charge in [-0.15, -0.1) is 11.6 Å². The Labute approximate surface area is 119 Å². The molecule has 6 heteroatoms. The molecule has 0 aromatic carbocycles. The topological polar surface area (TPSA) is 50.5 Å². The summed E-state index contributed by atoms with van der Waals surface area (Å²) in [5.74, 6) is 1.17. The molecule has 19 heavy (non-hydrogen) atoms. The molecule has 0 radical (unpaired) electrons. The number of furan rings is 1. The summed E-state index contributed by atoms with van der Waals surface area (Å²) in [5, 5.41) is 0. The third kappa shape index (κ3) is 2.56. The highest BCUT2D eigenvalue weighted by Crippen LogP contribution is 2.33. The van der Waals surface area contributed by atoms with E-state index in [0.717, 1.165) is 25.7 Å². The molecule has 2 rings (SSSR count). The molecule has 108 valence electrons. The van der Waals surface area contributed by atoms with E-state index in [1.54, 1.807) is 20.9 Å². The van der Waals surface area contributed by atoms with Crippen molar-refractivity contribution in [1.29, 1.82) is 0 Å². The van der Waals surface area contributed by atoms with Crippen molar-refractivity contribution in [1.82, 2.24) is 4.31 Å². The Kier molecular flexibility index (Phi) is 4.28. The minimum absolute atomic E-state index is 0.0998. The van der Waals surface area contributed by atoms with Crippen molar-refractivity contribution in [3.05, 3.63) is 17.1 Å². The lowest BCUT2D eigenvalue weighted by Crippen LogP contribution is -2.35. The number of hydrogen-bond acceptors (Lipinski definition) is 3. The van der Waals surface area contributed by atoms with Gasteiger partial charge in [-0.1, -0.05) is 12.8 Å². The number of aryl methyl sites for hydroxylation is 2. The molecule has 1 saturated carbocycles. The van der Waals surface area contributed by atoms with Gasteiger partial charge in [0.05, 0.1) is 5.88 Å². The Morgan fingerprint density at radius 1 is 1.26 bits per heavy atom. The molecule has 1 fully saturated rings. The van der Waals surface area contributed by atoms with Gasteiger partial charge in [0.15, 0.2) is 0 Å². The molecule has 0 amide bonds. The molecule has 1 aromatic heterocycles. The van der Waals surface area contributed by atoms with Crippen LogP contribution in [0.2, 0.25) is 0 Å². The van der Waals surface area contributed by atoms with Crippen molar-refractivity contribution in [3.63, 3.8) is 0 Å². The van der Waals surface area contributed by atoms with Crippen LogP contribution in [0.1, 0.15) is 42.8 Å². The molecule has 1 aromatic rings. The van der Waals surface area contributed by atoms with Gasteiger partial charge in [-0.25, -0.2) is 8.42 Å². The standard InChI is InChI=1S/C13H20ClNO3S/c1-9-12(8-14)13(10(2)18-9)19(16,17)15(3)11-6-4-5-7-11/h11H,4-8H2,1-3H3. The van der Waals surface area contributed by atoms with Crippen LogP contribution in [0.15, 0.2) is 9.31 Å². The van der Waals surface area contributed by atoms with Gasteiger partial charge in [0.25, 0.3) is 0 Å². The number of alkyl halides is 1. The summed E-state index contributed by atoms with van der Waals surface area (Å²) in [6.45, 7) is 3.43. The van der Waals surface area contributed by atoms with E-state index in [1.165, 1.54) is 4.31 Å². The largest absolute Gasteiger partial charge is 0.465 e. The lowest BCUT2D eigenvalue weighted by molar-refractivity contribution is 0.371. The van der Waals surface area contributed by atoms with Crippen LogP contribution in [0.3, 0.4) is 0 Å². The van der Waals surface area contributed by atoms with E-state index in [1.807, 2.05) is 0 Å². The molecule has 1 aliphatic carbocycles. The number of hydrogen-bond donors (Lipinski definition) is 0. The van der Waals surface area contributed by atoms with Gasteiger partial charge in [-0.05, 0) is 26.7 Å². The summed E-state index contributed by atoms with van der Waals surface area (Å²) in [7, 11) is -1.86. The Hall–Kier alpha value is -0.520. The van der Waals surface area contributed by atoms with E-state index in [-0.39, 0.29) is 16.8 Å². The molecule has 0 aliphatic heterocycles. The second-order valence-electron chi connectivity index (χ2n) is 5.12. The third-order valence-electron chi connectivity index (χ3n) is 3.93. The van der Waals surface area contributed by atoms with E-state index in [4.69, 9.17) is 16.0 Å². The first-order chi connectivity index (χ1) is 8.89. The molecule has 0 unspecified atom stereocenters. The number of halogens is 1. The van der Waals surface area contributed by atoms with E-state index < -0.39 is 10.0 Å². The fraction of sp³-hybridized carbons (Fsp3) is 0.692. The molecule has 0 bridgehead atoms. The highest BCUT2D eigenvalue weighted by Gasteiger charge is 2.34. The predicted octanol–water partition coefficient (Wildman–Crippen LogP) is 3.20. The molecule has 1 aliphatic rings. The maximum absolute atomic E-state index is 12.7. The molecular weight excluding hydrogens is 286 g/mol. The monoisotopic (exact) mass is 305 g/mol. The first-order valence-corrected chi connectivity index (χ1v) is 8.50. The van der Waals surface area contributed by atoms with Crippen LogP contribution < -0.4 is 0 Å². The van der Waals surface area contributed by atoms with E-state index >= 15 is 0 Å². The summed E-state index contributed by atoms with van der Waals surface area (Å²) in [6, 6.07) is 0.0998. The van der Waals surface area contributed by atoms with Gasteiger partial charge < -0.3 is 4.42 Å². The zero-order valence-electron chi connectivity index (χ0n) is 11.6. The highest BCUT2D eigenvalue weighted by molar-refractivity contribution is 7.89. The number of nitrogens with zero attached hydrogens (tertiary/aromatic N) is 1. The van der Waals surface area contributed by atoms with Crippen LogP contribution >= 0.6 is 11.6 Å². The first-order valence-electron chi connectivity index (χ1n) is 6.52. The molecule has 1 heterocycles. The van der Waals surface area contributed by atoms with Crippen molar-refractivity contribution in [2.75, 3.05) is 7.05 Å². The normalized spacial score (nSPS) is 17.5. The highest BCUT2D eigenvalue weighted by atomic mass is 35.5. The predicted molar refractivity (Wildman–Crippen MR) is 74.9 cm³/mol. The van der Waals surface area contributed by atoms with E-state index in [0.29, 0.717) is 17.1 Å². The van der Waals surface area contributed by atoms with E-state index in [2.05, 4.69) is 0 Å². The third-order valence-corrected chi connectivity index (χ3v) is 6.31. The van der Waals surface area contributed by atoms with Crippen molar-refractivity contribution in [2.24, 2.45) is 0 Å². The zero-order chi connectivity index (χ0) is 14.2. The number of rotatable bonds is 4. The Bertz CT molecular complexity index is 559. The summed E-state index contributed by atoms with van der Waals surface area (Å²) >= 11 is 5.88. The summed E-state index contributed by atoms with van der Waals surface area (Å²) in [6.07, 6.45) is 4.05. The Balaban J connectivity index is 2.44. The minimum Gasteiger partial charge on any atom is -0.465 e. The second kappa shape index (κ2) is 5.46. The second-order valence-corrected chi connectivity index (χ2v) is 7.32. The maximum Gasteiger partial charge on any atom is 0.246 e. The van der Waals surface area contributed by atoms with Crippen LogP contribution in [0.25, 0.3) is 0 Å². The minimum atomic E-state index is -3.52. The van der Waals surface area contributed by atoms with Crippen LogP contribution in [0.4, 0.5) is 0 Å².